The van der Waals surface area contributed by atoms with Gasteiger partial charge in [-0.2, -0.15) is 5.10 Å². The zero-order valence-electron chi connectivity index (χ0n) is 20.3. The molecule has 0 atom stereocenters. The minimum atomic E-state index is -0.252. The van der Waals surface area contributed by atoms with Gasteiger partial charge in [-0.15, -0.1) is 0 Å². The summed E-state index contributed by atoms with van der Waals surface area (Å²) in [5.74, 6) is 1.81. The maximum atomic E-state index is 12.1. The first-order chi connectivity index (χ1) is 17.6. The Balaban J connectivity index is 1.28. The van der Waals surface area contributed by atoms with Gasteiger partial charge in [0.25, 0.3) is 5.91 Å². The first-order valence-corrected chi connectivity index (χ1v) is 11.6. The summed E-state index contributed by atoms with van der Waals surface area (Å²) in [4.78, 5) is 12.1. The molecule has 0 heterocycles. The molecule has 6 nitrogen and oxygen atoms in total. The highest BCUT2D eigenvalue weighted by Gasteiger charge is 2.07. The van der Waals surface area contributed by atoms with E-state index in [1.807, 2.05) is 91.9 Å². The molecule has 0 spiro atoms. The summed E-state index contributed by atoms with van der Waals surface area (Å²) < 4.78 is 17.3. The van der Waals surface area contributed by atoms with Gasteiger partial charge in [-0.1, -0.05) is 54.1 Å². The van der Waals surface area contributed by atoms with E-state index >= 15 is 0 Å². The van der Waals surface area contributed by atoms with Crippen molar-refractivity contribution in [2.45, 2.75) is 20.1 Å². The zero-order valence-corrected chi connectivity index (χ0v) is 20.3. The number of benzene rings is 4. The molecule has 4 aromatic carbocycles. The van der Waals surface area contributed by atoms with Crippen LogP contribution in [0.4, 0.5) is 0 Å². The number of carbonyl (C=O) groups excluding carboxylic acids is 1. The third-order valence-electron chi connectivity index (χ3n) is 5.44. The number of ether oxygens (including phenoxy) is 3. The van der Waals surface area contributed by atoms with Crippen LogP contribution in [0.5, 0.6) is 17.2 Å². The highest BCUT2D eigenvalue weighted by atomic mass is 16.5. The van der Waals surface area contributed by atoms with Gasteiger partial charge in [-0.05, 0) is 72.1 Å². The fraction of sp³-hybridized carbons (Fsp3) is 0.133. The molecule has 0 aliphatic rings. The summed E-state index contributed by atoms with van der Waals surface area (Å²) in [6.07, 6.45) is 1.59. The van der Waals surface area contributed by atoms with Crippen LogP contribution in [-0.4, -0.2) is 19.2 Å². The van der Waals surface area contributed by atoms with E-state index in [-0.39, 0.29) is 5.91 Å². The summed E-state index contributed by atoms with van der Waals surface area (Å²) >= 11 is 0. The smallest absolute Gasteiger partial charge is 0.271 e. The van der Waals surface area contributed by atoms with Crippen molar-refractivity contribution in [3.05, 3.63) is 125 Å². The average molecular weight is 481 g/mol. The second-order valence-corrected chi connectivity index (χ2v) is 8.18. The SMILES string of the molecule is COc1cc(COc2ccc(/C=N/NC(=O)c3ccc(C)cc3)cc2)ccc1OCc1ccccc1. The maximum Gasteiger partial charge on any atom is 0.271 e. The van der Waals surface area contributed by atoms with Crippen LogP contribution in [0, 0.1) is 6.92 Å². The number of hydrogen-bond acceptors (Lipinski definition) is 5. The average Bonchev–Trinajstić information content (AvgIpc) is 2.92. The van der Waals surface area contributed by atoms with Crippen molar-refractivity contribution >= 4 is 12.1 Å². The number of nitrogens with zero attached hydrogens (tertiary/aromatic N) is 1. The number of hydrogen-bond donors (Lipinski definition) is 1. The van der Waals surface area contributed by atoms with Gasteiger partial charge >= 0.3 is 0 Å². The lowest BCUT2D eigenvalue weighted by molar-refractivity contribution is 0.0955. The molecule has 182 valence electrons. The standard InChI is InChI=1S/C30H28N2O4/c1-22-8-13-26(14-9-22)30(33)32-31-19-23-10-15-27(16-11-23)35-21-25-12-17-28(29(18-25)34-2)36-20-24-6-4-3-5-7-24/h3-19H,20-21H2,1-2H3,(H,32,33)/b31-19+. The van der Waals surface area contributed by atoms with E-state index in [1.54, 1.807) is 25.5 Å². The highest BCUT2D eigenvalue weighted by molar-refractivity contribution is 5.94. The van der Waals surface area contributed by atoms with E-state index in [0.29, 0.717) is 30.3 Å². The predicted octanol–water partition coefficient (Wildman–Crippen LogP) is 5.93. The molecule has 0 saturated heterocycles. The molecule has 0 fully saturated rings. The van der Waals surface area contributed by atoms with Crippen molar-refractivity contribution < 1.29 is 19.0 Å². The topological polar surface area (TPSA) is 69.2 Å². The van der Waals surface area contributed by atoms with Gasteiger partial charge < -0.3 is 14.2 Å². The van der Waals surface area contributed by atoms with Crippen LogP contribution in [0.3, 0.4) is 0 Å². The number of methoxy groups -OCH3 is 1. The van der Waals surface area contributed by atoms with Crippen molar-refractivity contribution in [3.8, 4) is 17.2 Å². The highest BCUT2D eigenvalue weighted by Crippen LogP contribution is 2.29. The van der Waals surface area contributed by atoms with Crippen LogP contribution in [0.15, 0.2) is 102 Å². The molecule has 6 heteroatoms. The Labute approximate surface area is 211 Å². The molecule has 0 bridgehead atoms. The van der Waals surface area contributed by atoms with Crippen LogP contribution >= 0.6 is 0 Å². The zero-order chi connectivity index (χ0) is 25.2. The van der Waals surface area contributed by atoms with Gasteiger partial charge in [-0.3, -0.25) is 4.79 Å². The van der Waals surface area contributed by atoms with Crippen molar-refractivity contribution in [2.24, 2.45) is 5.10 Å². The third-order valence-corrected chi connectivity index (χ3v) is 5.44. The minimum Gasteiger partial charge on any atom is -0.493 e. The molecule has 4 aromatic rings. The summed E-state index contributed by atoms with van der Waals surface area (Å²) in [6.45, 7) is 2.83. The molecule has 1 N–H and O–H groups in total. The lowest BCUT2D eigenvalue weighted by Gasteiger charge is -2.13. The lowest BCUT2D eigenvalue weighted by atomic mass is 10.1. The fourth-order valence-electron chi connectivity index (χ4n) is 3.41. The van der Waals surface area contributed by atoms with Gasteiger partial charge in [-0.25, -0.2) is 5.43 Å². The minimum absolute atomic E-state index is 0.252. The Morgan fingerprint density at radius 1 is 0.806 bits per heavy atom. The molecule has 0 aliphatic carbocycles. The molecule has 0 aromatic heterocycles. The number of amides is 1. The van der Waals surface area contributed by atoms with Crippen molar-refractivity contribution in [1.29, 1.82) is 0 Å². The Hall–Kier alpha value is -4.58. The largest absolute Gasteiger partial charge is 0.493 e. The quantitative estimate of drug-likeness (QED) is 0.226. The van der Waals surface area contributed by atoms with E-state index in [4.69, 9.17) is 14.2 Å². The van der Waals surface area contributed by atoms with Gasteiger partial charge in [0.1, 0.15) is 19.0 Å². The van der Waals surface area contributed by atoms with E-state index in [0.717, 1.165) is 28.0 Å². The number of aryl methyl sites for hydroxylation is 1. The van der Waals surface area contributed by atoms with Crippen molar-refractivity contribution in [3.63, 3.8) is 0 Å². The van der Waals surface area contributed by atoms with Crippen LogP contribution in [0.1, 0.15) is 32.6 Å². The number of hydrazone groups is 1. The normalized spacial score (nSPS) is 10.7. The third kappa shape index (κ3) is 6.96. The Morgan fingerprint density at radius 2 is 1.53 bits per heavy atom. The van der Waals surface area contributed by atoms with Crippen LogP contribution in [0.25, 0.3) is 0 Å². The molecule has 0 aliphatic heterocycles. The summed E-state index contributed by atoms with van der Waals surface area (Å²) in [5.41, 5.74) is 7.10. The molecule has 1 amide bonds. The number of carbonyl (C=O) groups is 1. The Bertz CT molecular complexity index is 1300. The Morgan fingerprint density at radius 3 is 2.25 bits per heavy atom. The molecule has 36 heavy (non-hydrogen) atoms. The summed E-state index contributed by atoms with van der Waals surface area (Å²) in [5, 5.41) is 4.03. The van der Waals surface area contributed by atoms with E-state index in [1.165, 1.54) is 0 Å². The van der Waals surface area contributed by atoms with Crippen LogP contribution in [-0.2, 0) is 13.2 Å². The molecule has 0 radical (unpaired) electrons. The predicted molar refractivity (Wildman–Crippen MR) is 141 cm³/mol. The fourth-order valence-corrected chi connectivity index (χ4v) is 3.41. The lowest BCUT2D eigenvalue weighted by Crippen LogP contribution is -2.17. The van der Waals surface area contributed by atoms with Gasteiger partial charge in [0.05, 0.1) is 13.3 Å². The second-order valence-electron chi connectivity index (χ2n) is 8.18. The number of rotatable bonds is 10. The van der Waals surface area contributed by atoms with Crippen LogP contribution < -0.4 is 19.6 Å². The molecular formula is C30H28N2O4. The van der Waals surface area contributed by atoms with Gasteiger partial charge in [0.15, 0.2) is 11.5 Å². The van der Waals surface area contributed by atoms with Gasteiger partial charge in [0, 0.05) is 5.56 Å². The van der Waals surface area contributed by atoms with E-state index in [9.17, 15) is 4.79 Å². The molecule has 0 unspecified atom stereocenters. The van der Waals surface area contributed by atoms with Crippen molar-refractivity contribution in [1.82, 2.24) is 5.43 Å². The first kappa shape index (κ1) is 24.5. The van der Waals surface area contributed by atoms with Gasteiger partial charge in [0.2, 0.25) is 0 Å². The van der Waals surface area contributed by atoms with Crippen molar-refractivity contribution in [2.75, 3.05) is 7.11 Å². The molecule has 0 saturated carbocycles. The maximum absolute atomic E-state index is 12.1. The number of nitrogens with one attached hydrogen (secondary N) is 1. The van der Waals surface area contributed by atoms with Crippen LogP contribution in [0.2, 0.25) is 0 Å². The van der Waals surface area contributed by atoms with E-state index < -0.39 is 0 Å². The molecule has 4 rings (SSSR count). The monoisotopic (exact) mass is 480 g/mol. The molecular weight excluding hydrogens is 452 g/mol. The first-order valence-electron chi connectivity index (χ1n) is 11.6. The van der Waals surface area contributed by atoms with E-state index in [2.05, 4.69) is 10.5 Å². The Kier molecular flexibility index (Phi) is 8.33. The second kappa shape index (κ2) is 12.2. The summed E-state index contributed by atoms with van der Waals surface area (Å²) in [7, 11) is 1.62. The summed E-state index contributed by atoms with van der Waals surface area (Å²) in [6, 6.07) is 30.5.